The number of nitrogens with zero attached hydrogens (tertiary/aromatic N) is 1. The van der Waals surface area contributed by atoms with Crippen molar-refractivity contribution >= 4 is 0 Å². The number of nitrogens with one attached hydrogen (secondary N) is 1. The number of fused-ring (bicyclic) bond motifs is 2. The van der Waals surface area contributed by atoms with Gasteiger partial charge in [-0.25, -0.2) is 0 Å². The average Bonchev–Trinajstić information content (AvgIpc) is 2.79. The second kappa shape index (κ2) is 5.13. The number of hydrogen-bond acceptors (Lipinski definition) is 2. The van der Waals surface area contributed by atoms with Gasteiger partial charge in [-0.3, -0.25) is 0 Å². The molecule has 2 heteroatoms. The predicted molar refractivity (Wildman–Crippen MR) is 60.5 cm³/mol. The molecular weight excluding hydrogens is 172 g/mol. The van der Waals surface area contributed by atoms with Crippen molar-refractivity contribution in [1.82, 2.24) is 10.2 Å². The van der Waals surface area contributed by atoms with Crippen LogP contribution in [-0.4, -0.2) is 37.1 Å². The summed E-state index contributed by atoms with van der Waals surface area (Å²) >= 11 is 0. The highest BCUT2D eigenvalue weighted by Gasteiger charge is 2.36. The van der Waals surface area contributed by atoms with Gasteiger partial charge in [-0.05, 0) is 57.7 Å². The lowest BCUT2D eigenvalue weighted by Crippen LogP contribution is -2.33. The standard InChI is InChI=1S/C12H24N2/c1-2-13-7-3-4-8-14-10-11-5-6-12(14)9-11/h11-13H,2-10H2,1H3. The zero-order valence-electron chi connectivity index (χ0n) is 9.47. The van der Waals surface area contributed by atoms with Gasteiger partial charge in [-0.1, -0.05) is 6.92 Å². The molecule has 0 aromatic rings. The third-order valence-corrected chi connectivity index (χ3v) is 3.82. The van der Waals surface area contributed by atoms with Crippen LogP contribution in [0.5, 0.6) is 0 Å². The minimum absolute atomic E-state index is 0.971. The first-order chi connectivity index (χ1) is 6.90. The van der Waals surface area contributed by atoms with Gasteiger partial charge in [0.05, 0.1) is 0 Å². The van der Waals surface area contributed by atoms with Crippen LogP contribution < -0.4 is 5.32 Å². The molecule has 0 aromatic heterocycles. The molecule has 2 atom stereocenters. The Labute approximate surface area is 88.1 Å². The molecule has 1 saturated heterocycles. The molecular formula is C12H24N2. The third-order valence-electron chi connectivity index (χ3n) is 3.82. The van der Waals surface area contributed by atoms with E-state index in [0.717, 1.165) is 18.5 Å². The van der Waals surface area contributed by atoms with E-state index >= 15 is 0 Å². The van der Waals surface area contributed by atoms with E-state index in [1.165, 1.54) is 51.7 Å². The molecule has 2 bridgehead atoms. The lowest BCUT2D eigenvalue weighted by Gasteiger charge is -2.26. The van der Waals surface area contributed by atoms with Gasteiger partial charge in [0.15, 0.2) is 0 Å². The van der Waals surface area contributed by atoms with Gasteiger partial charge in [0, 0.05) is 12.6 Å². The Morgan fingerprint density at radius 2 is 2.21 bits per heavy atom. The molecule has 2 fully saturated rings. The first-order valence-corrected chi connectivity index (χ1v) is 6.35. The topological polar surface area (TPSA) is 15.3 Å². The van der Waals surface area contributed by atoms with Gasteiger partial charge in [0.2, 0.25) is 0 Å². The summed E-state index contributed by atoms with van der Waals surface area (Å²) in [5, 5.41) is 3.39. The molecule has 1 N–H and O–H groups in total. The van der Waals surface area contributed by atoms with Gasteiger partial charge in [-0.2, -0.15) is 0 Å². The van der Waals surface area contributed by atoms with E-state index in [1.807, 2.05) is 0 Å². The molecule has 14 heavy (non-hydrogen) atoms. The summed E-state index contributed by atoms with van der Waals surface area (Å²) in [4.78, 5) is 2.74. The second-order valence-corrected chi connectivity index (χ2v) is 4.89. The molecule has 2 rings (SSSR count). The van der Waals surface area contributed by atoms with Crippen LogP contribution in [0.25, 0.3) is 0 Å². The highest BCUT2D eigenvalue weighted by molar-refractivity contribution is 4.91. The summed E-state index contributed by atoms with van der Waals surface area (Å²) in [6.07, 6.45) is 7.24. The van der Waals surface area contributed by atoms with Gasteiger partial charge in [0.1, 0.15) is 0 Å². The van der Waals surface area contributed by atoms with E-state index in [0.29, 0.717) is 0 Å². The number of hydrogen-bond donors (Lipinski definition) is 1. The Bertz CT molecular complexity index is 170. The molecule has 1 aliphatic carbocycles. The summed E-state index contributed by atoms with van der Waals surface area (Å²) in [6.45, 7) is 7.27. The van der Waals surface area contributed by atoms with Crippen molar-refractivity contribution in [1.29, 1.82) is 0 Å². The van der Waals surface area contributed by atoms with Crippen molar-refractivity contribution in [2.24, 2.45) is 5.92 Å². The van der Waals surface area contributed by atoms with Crippen molar-refractivity contribution in [2.45, 2.75) is 45.1 Å². The number of piperidine rings is 1. The van der Waals surface area contributed by atoms with Crippen molar-refractivity contribution in [2.75, 3.05) is 26.2 Å². The van der Waals surface area contributed by atoms with Crippen LogP contribution in [0.2, 0.25) is 0 Å². The van der Waals surface area contributed by atoms with E-state index in [1.54, 1.807) is 0 Å². The Morgan fingerprint density at radius 3 is 2.86 bits per heavy atom. The first-order valence-electron chi connectivity index (χ1n) is 6.35. The lowest BCUT2D eigenvalue weighted by molar-refractivity contribution is 0.210. The van der Waals surface area contributed by atoms with Crippen LogP contribution in [0.4, 0.5) is 0 Å². The highest BCUT2D eigenvalue weighted by Crippen LogP contribution is 2.37. The molecule has 1 aliphatic heterocycles. The molecule has 2 nitrogen and oxygen atoms in total. The molecule has 0 aromatic carbocycles. The maximum Gasteiger partial charge on any atom is 0.00985 e. The maximum atomic E-state index is 3.39. The minimum Gasteiger partial charge on any atom is -0.317 e. The van der Waals surface area contributed by atoms with E-state index in [9.17, 15) is 0 Å². The normalized spacial score (nSPS) is 31.5. The monoisotopic (exact) mass is 196 g/mol. The summed E-state index contributed by atoms with van der Waals surface area (Å²) in [5.41, 5.74) is 0. The summed E-state index contributed by atoms with van der Waals surface area (Å²) in [7, 11) is 0. The Balaban J connectivity index is 1.54. The highest BCUT2D eigenvalue weighted by atomic mass is 15.2. The fourth-order valence-corrected chi connectivity index (χ4v) is 3.04. The van der Waals surface area contributed by atoms with Crippen molar-refractivity contribution in [3.05, 3.63) is 0 Å². The first kappa shape index (κ1) is 10.4. The van der Waals surface area contributed by atoms with Gasteiger partial charge >= 0.3 is 0 Å². The van der Waals surface area contributed by atoms with E-state index in [2.05, 4.69) is 17.1 Å². The Kier molecular flexibility index (Phi) is 3.82. The van der Waals surface area contributed by atoms with Gasteiger partial charge in [-0.15, -0.1) is 0 Å². The maximum absolute atomic E-state index is 3.39. The number of likely N-dealkylation sites (tertiary alicyclic amines) is 1. The van der Waals surface area contributed by atoms with Crippen LogP contribution in [0, 0.1) is 5.92 Å². The molecule has 0 radical (unpaired) electrons. The van der Waals surface area contributed by atoms with Crippen LogP contribution in [-0.2, 0) is 0 Å². The zero-order valence-corrected chi connectivity index (χ0v) is 9.47. The largest absolute Gasteiger partial charge is 0.317 e. The SMILES string of the molecule is CCNCCCCN1CC2CCC1C2. The summed E-state index contributed by atoms with van der Waals surface area (Å²) < 4.78 is 0. The fraction of sp³-hybridized carbons (Fsp3) is 1.00. The van der Waals surface area contributed by atoms with Crippen molar-refractivity contribution < 1.29 is 0 Å². The lowest BCUT2D eigenvalue weighted by atomic mass is 10.1. The second-order valence-electron chi connectivity index (χ2n) is 4.89. The minimum atomic E-state index is 0.971. The summed E-state index contributed by atoms with van der Waals surface area (Å²) in [6, 6.07) is 0.971. The Morgan fingerprint density at radius 1 is 1.29 bits per heavy atom. The molecule has 1 heterocycles. The molecule has 82 valence electrons. The smallest absolute Gasteiger partial charge is 0.00985 e. The van der Waals surface area contributed by atoms with E-state index in [-0.39, 0.29) is 0 Å². The Hall–Kier alpha value is -0.0800. The van der Waals surface area contributed by atoms with Crippen LogP contribution in [0.1, 0.15) is 39.0 Å². The van der Waals surface area contributed by atoms with E-state index in [4.69, 9.17) is 0 Å². The van der Waals surface area contributed by atoms with Crippen LogP contribution in [0.15, 0.2) is 0 Å². The molecule has 1 saturated carbocycles. The zero-order chi connectivity index (χ0) is 9.80. The van der Waals surface area contributed by atoms with Gasteiger partial charge in [0.25, 0.3) is 0 Å². The quantitative estimate of drug-likeness (QED) is 0.652. The molecule has 0 spiro atoms. The number of unbranched alkanes of at least 4 members (excludes halogenated alkanes) is 1. The third kappa shape index (κ3) is 2.48. The summed E-state index contributed by atoms with van der Waals surface area (Å²) in [5.74, 6) is 1.06. The molecule has 2 unspecified atom stereocenters. The van der Waals surface area contributed by atoms with E-state index < -0.39 is 0 Å². The molecule has 2 aliphatic rings. The van der Waals surface area contributed by atoms with Crippen molar-refractivity contribution in [3.63, 3.8) is 0 Å². The number of rotatable bonds is 6. The average molecular weight is 196 g/mol. The van der Waals surface area contributed by atoms with Crippen molar-refractivity contribution in [3.8, 4) is 0 Å². The fourth-order valence-electron chi connectivity index (χ4n) is 3.04. The predicted octanol–water partition coefficient (Wildman–Crippen LogP) is 1.86. The van der Waals surface area contributed by atoms with Crippen LogP contribution in [0.3, 0.4) is 0 Å². The van der Waals surface area contributed by atoms with Crippen LogP contribution >= 0.6 is 0 Å². The van der Waals surface area contributed by atoms with Gasteiger partial charge < -0.3 is 10.2 Å². The molecule has 0 amide bonds.